The van der Waals surface area contributed by atoms with Crippen molar-refractivity contribution in [3.63, 3.8) is 0 Å². The average molecular weight is 276 g/mol. The van der Waals surface area contributed by atoms with Crippen LogP contribution < -0.4 is 17.2 Å². The first-order valence-electron chi connectivity index (χ1n) is 5.98. The monoisotopic (exact) mass is 276 g/mol. The van der Waals surface area contributed by atoms with Gasteiger partial charge >= 0.3 is 6.03 Å². The van der Waals surface area contributed by atoms with Gasteiger partial charge in [-0.05, 0) is 25.8 Å². The first kappa shape index (κ1) is 17.2. The number of nitrogens with zero attached hydrogens (tertiary/aromatic N) is 1. The topological polar surface area (TPSA) is 115 Å². The van der Waals surface area contributed by atoms with Gasteiger partial charge in [-0.2, -0.15) is 12.6 Å². The van der Waals surface area contributed by atoms with E-state index in [9.17, 15) is 9.59 Å². The van der Waals surface area contributed by atoms with Crippen molar-refractivity contribution in [1.29, 1.82) is 0 Å². The Morgan fingerprint density at radius 2 is 1.94 bits per heavy atom. The summed E-state index contributed by atoms with van der Waals surface area (Å²) in [5.41, 5.74) is 16.2. The molecule has 18 heavy (non-hydrogen) atoms. The molecule has 0 saturated heterocycles. The third-order valence-electron chi connectivity index (χ3n) is 2.52. The summed E-state index contributed by atoms with van der Waals surface area (Å²) in [6.45, 7) is 4.48. The van der Waals surface area contributed by atoms with Gasteiger partial charge in [0.1, 0.15) is 0 Å². The Morgan fingerprint density at radius 3 is 2.33 bits per heavy atom. The van der Waals surface area contributed by atoms with Crippen molar-refractivity contribution in [3.8, 4) is 0 Å². The Bertz CT molecular complexity index is 291. The fourth-order valence-corrected chi connectivity index (χ4v) is 1.48. The largest absolute Gasteiger partial charge is 0.351 e. The maximum absolute atomic E-state index is 11.9. The number of carbonyl (C=O) groups is 2. The summed E-state index contributed by atoms with van der Waals surface area (Å²) in [6, 6.07) is -1.51. The van der Waals surface area contributed by atoms with Gasteiger partial charge in [0.05, 0.1) is 6.04 Å². The smallest absolute Gasteiger partial charge is 0.321 e. The number of urea groups is 1. The number of imide groups is 1. The maximum atomic E-state index is 11.9. The molecule has 0 rings (SSSR count). The number of amides is 3. The van der Waals surface area contributed by atoms with Crippen LogP contribution in [-0.2, 0) is 4.79 Å². The number of rotatable bonds is 7. The Morgan fingerprint density at radius 1 is 1.39 bits per heavy atom. The van der Waals surface area contributed by atoms with Gasteiger partial charge in [-0.15, -0.1) is 0 Å². The Balaban J connectivity index is 4.50. The zero-order chi connectivity index (χ0) is 14.3. The molecule has 3 amide bonds. The van der Waals surface area contributed by atoms with E-state index in [0.29, 0.717) is 25.8 Å². The lowest BCUT2D eigenvalue weighted by atomic mass is 10.1. The predicted octanol–water partition coefficient (Wildman–Crippen LogP) is 0.0584. The van der Waals surface area contributed by atoms with E-state index in [1.54, 1.807) is 0 Å². The van der Waals surface area contributed by atoms with E-state index in [1.807, 2.05) is 13.8 Å². The Kier molecular flexibility index (Phi) is 7.27. The van der Waals surface area contributed by atoms with Gasteiger partial charge in [0, 0.05) is 11.3 Å². The number of carbonyl (C=O) groups excluding carboxylic acids is 2. The number of thiol groups is 1. The van der Waals surface area contributed by atoms with Crippen LogP contribution in [0.25, 0.3) is 0 Å². The summed E-state index contributed by atoms with van der Waals surface area (Å²) < 4.78 is -0.282. The van der Waals surface area contributed by atoms with Crippen LogP contribution in [0, 0.1) is 0 Å². The molecule has 0 aliphatic heterocycles. The van der Waals surface area contributed by atoms with Crippen LogP contribution in [0.3, 0.4) is 0 Å². The van der Waals surface area contributed by atoms with Crippen LogP contribution in [0.1, 0.15) is 33.1 Å². The van der Waals surface area contributed by atoms with Crippen LogP contribution in [0.2, 0.25) is 0 Å². The average Bonchev–Trinajstić information content (AvgIpc) is 2.23. The van der Waals surface area contributed by atoms with E-state index < -0.39 is 18.0 Å². The molecule has 0 aromatic carbocycles. The minimum Gasteiger partial charge on any atom is -0.351 e. The lowest BCUT2D eigenvalue weighted by molar-refractivity contribution is -0.129. The third-order valence-corrected chi connectivity index (χ3v) is 2.74. The highest BCUT2D eigenvalue weighted by Gasteiger charge is 2.26. The molecule has 1 atom stereocenters. The summed E-state index contributed by atoms with van der Waals surface area (Å²) in [5, 5.41) is 0. The fourth-order valence-electron chi connectivity index (χ4n) is 1.38. The van der Waals surface area contributed by atoms with Crippen LogP contribution in [-0.4, -0.2) is 40.7 Å². The summed E-state index contributed by atoms with van der Waals surface area (Å²) >= 11 is 4.34. The molecule has 6 N–H and O–H groups in total. The van der Waals surface area contributed by atoms with Gasteiger partial charge < -0.3 is 17.2 Å². The molecule has 0 aliphatic rings. The van der Waals surface area contributed by atoms with E-state index in [-0.39, 0.29) is 11.3 Å². The number of hydrogen-bond donors (Lipinski definition) is 4. The summed E-state index contributed by atoms with van der Waals surface area (Å²) in [5.74, 6) is -0.450. The minimum atomic E-state index is -0.777. The highest BCUT2D eigenvalue weighted by molar-refractivity contribution is 7.81. The van der Waals surface area contributed by atoms with Gasteiger partial charge in [0.2, 0.25) is 5.91 Å². The maximum Gasteiger partial charge on any atom is 0.321 e. The molecule has 0 spiro atoms. The first-order chi connectivity index (χ1) is 8.19. The molecule has 0 aromatic heterocycles. The van der Waals surface area contributed by atoms with Crippen molar-refractivity contribution in [1.82, 2.24) is 4.90 Å². The molecule has 7 heteroatoms. The second-order valence-corrected chi connectivity index (χ2v) is 6.14. The lowest BCUT2D eigenvalue weighted by Gasteiger charge is -2.25. The SMILES string of the molecule is CC(C)(S)CCN(C(N)=O)C(=O)[C@H](N)CCCN. The van der Waals surface area contributed by atoms with Crippen molar-refractivity contribution in [2.24, 2.45) is 17.2 Å². The van der Waals surface area contributed by atoms with Crippen LogP contribution in [0.4, 0.5) is 4.79 Å². The fraction of sp³-hybridized carbons (Fsp3) is 0.818. The van der Waals surface area contributed by atoms with Crippen LogP contribution >= 0.6 is 12.6 Å². The molecule has 0 aromatic rings. The second-order valence-electron chi connectivity index (χ2n) is 4.93. The highest BCUT2D eigenvalue weighted by atomic mass is 32.1. The lowest BCUT2D eigenvalue weighted by Crippen LogP contribution is -2.50. The van der Waals surface area contributed by atoms with Gasteiger partial charge in [-0.3, -0.25) is 9.69 Å². The molecule has 0 aliphatic carbocycles. The molecular weight excluding hydrogens is 252 g/mol. The molecule has 0 radical (unpaired) electrons. The van der Waals surface area contributed by atoms with E-state index in [4.69, 9.17) is 17.2 Å². The molecular formula is C11H24N4O2S. The van der Waals surface area contributed by atoms with Crippen molar-refractivity contribution < 1.29 is 9.59 Å². The normalized spacial score (nSPS) is 13.2. The molecule has 106 valence electrons. The van der Waals surface area contributed by atoms with Gasteiger partial charge in [-0.1, -0.05) is 13.8 Å². The van der Waals surface area contributed by atoms with E-state index in [1.165, 1.54) is 0 Å². The zero-order valence-corrected chi connectivity index (χ0v) is 12.0. The second kappa shape index (κ2) is 7.60. The molecule has 6 nitrogen and oxygen atoms in total. The predicted molar refractivity (Wildman–Crippen MR) is 75.2 cm³/mol. The summed E-state index contributed by atoms with van der Waals surface area (Å²) in [4.78, 5) is 24.2. The van der Waals surface area contributed by atoms with Crippen molar-refractivity contribution >= 4 is 24.6 Å². The Hall–Kier alpha value is -0.790. The quantitative estimate of drug-likeness (QED) is 0.492. The van der Waals surface area contributed by atoms with Gasteiger partial charge in [-0.25, -0.2) is 4.79 Å². The van der Waals surface area contributed by atoms with Crippen molar-refractivity contribution in [3.05, 3.63) is 0 Å². The van der Waals surface area contributed by atoms with Crippen LogP contribution in [0.15, 0.2) is 0 Å². The van der Waals surface area contributed by atoms with E-state index in [0.717, 1.165) is 4.90 Å². The molecule has 0 heterocycles. The van der Waals surface area contributed by atoms with Crippen LogP contribution in [0.5, 0.6) is 0 Å². The Labute approximate surface area is 114 Å². The molecule has 0 unspecified atom stereocenters. The van der Waals surface area contributed by atoms with Gasteiger partial charge in [0.25, 0.3) is 0 Å². The minimum absolute atomic E-state index is 0.223. The highest BCUT2D eigenvalue weighted by Crippen LogP contribution is 2.17. The van der Waals surface area contributed by atoms with Crippen molar-refractivity contribution in [2.75, 3.05) is 13.1 Å². The van der Waals surface area contributed by atoms with E-state index >= 15 is 0 Å². The standard InChI is InChI=1S/C11H24N4O2S/c1-11(2,18)5-7-15(10(14)17)9(16)8(13)4-3-6-12/h8,18H,3-7,12-13H2,1-2H3,(H2,14,17)/t8-/m1/s1. The first-order valence-corrected chi connectivity index (χ1v) is 6.42. The molecule has 0 fully saturated rings. The summed E-state index contributed by atoms with van der Waals surface area (Å²) in [7, 11) is 0. The summed E-state index contributed by atoms with van der Waals surface area (Å²) in [6.07, 6.45) is 1.63. The van der Waals surface area contributed by atoms with Crippen molar-refractivity contribution in [2.45, 2.75) is 43.9 Å². The number of hydrogen-bond acceptors (Lipinski definition) is 5. The molecule has 0 bridgehead atoms. The van der Waals surface area contributed by atoms with Gasteiger partial charge in [0.15, 0.2) is 0 Å². The third kappa shape index (κ3) is 6.83. The number of nitrogens with two attached hydrogens (primary N) is 3. The molecule has 0 saturated carbocycles. The zero-order valence-electron chi connectivity index (χ0n) is 11.1. The number of primary amides is 1. The van der Waals surface area contributed by atoms with E-state index in [2.05, 4.69) is 12.6 Å².